The van der Waals surface area contributed by atoms with Crippen LogP contribution in [0.4, 0.5) is 5.69 Å². The lowest BCUT2D eigenvalue weighted by Gasteiger charge is -2.17. The van der Waals surface area contributed by atoms with Crippen molar-refractivity contribution in [3.8, 4) is 0 Å². The van der Waals surface area contributed by atoms with Gasteiger partial charge in [0.2, 0.25) is 15.8 Å². The Balaban J connectivity index is 1.74. The van der Waals surface area contributed by atoms with E-state index >= 15 is 0 Å². The van der Waals surface area contributed by atoms with E-state index in [2.05, 4.69) is 0 Å². The van der Waals surface area contributed by atoms with Gasteiger partial charge in [0, 0.05) is 30.8 Å². The van der Waals surface area contributed by atoms with Crippen LogP contribution in [0.2, 0.25) is 5.02 Å². The second-order valence-corrected chi connectivity index (χ2v) is 8.88. The fraction of sp³-hybridized carbons (Fsp3) is 0.263. The number of nitro benzene ring substituents is 1. The molecule has 3 rings (SSSR count). The second kappa shape index (κ2) is 8.90. The van der Waals surface area contributed by atoms with Crippen molar-refractivity contribution in [1.29, 1.82) is 0 Å². The monoisotopic (exact) mass is 452 g/mol. The van der Waals surface area contributed by atoms with E-state index in [0.717, 1.165) is 25.0 Å². The van der Waals surface area contributed by atoms with Crippen LogP contribution in [0.3, 0.4) is 0 Å². The normalized spacial score (nSPS) is 14.4. The van der Waals surface area contributed by atoms with Gasteiger partial charge >= 0.3 is 5.97 Å². The van der Waals surface area contributed by atoms with Crippen molar-refractivity contribution >= 4 is 39.1 Å². The molecule has 1 fully saturated rings. The molecule has 1 heterocycles. The molecule has 0 aromatic heterocycles. The van der Waals surface area contributed by atoms with Crippen molar-refractivity contribution < 1.29 is 27.7 Å². The van der Waals surface area contributed by atoms with Crippen molar-refractivity contribution in [2.75, 3.05) is 19.7 Å². The summed E-state index contributed by atoms with van der Waals surface area (Å²) in [5.41, 5.74) is -0.323. The summed E-state index contributed by atoms with van der Waals surface area (Å²) < 4.78 is 31.8. The van der Waals surface area contributed by atoms with E-state index in [9.17, 15) is 28.1 Å². The number of rotatable bonds is 7. The van der Waals surface area contributed by atoms with Crippen LogP contribution >= 0.6 is 11.6 Å². The summed E-state index contributed by atoms with van der Waals surface area (Å²) in [5.74, 6) is -1.55. The maximum atomic E-state index is 12.7. The van der Waals surface area contributed by atoms with Crippen LogP contribution in [0.15, 0.2) is 47.4 Å². The molecule has 1 aliphatic heterocycles. The number of Topliss-reactive ketones (excluding diaryl/α,β-unsaturated/α-hetero) is 1. The minimum atomic E-state index is -3.85. The second-order valence-electron chi connectivity index (χ2n) is 6.56. The number of ether oxygens (including phenoxy) is 1. The molecule has 9 nitrogen and oxygen atoms in total. The average molecular weight is 453 g/mol. The summed E-state index contributed by atoms with van der Waals surface area (Å²) in [5, 5.41) is 10.8. The molecule has 0 saturated carbocycles. The Morgan fingerprint density at radius 2 is 1.80 bits per heavy atom. The molecule has 1 saturated heterocycles. The van der Waals surface area contributed by atoms with Gasteiger partial charge in [0.1, 0.15) is 4.90 Å². The van der Waals surface area contributed by atoms with Crippen LogP contribution in [-0.4, -0.2) is 49.1 Å². The van der Waals surface area contributed by atoms with E-state index in [1.54, 1.807) is 0 Å². The number of nitrogens with zero attached hydrogens (tertiary/aromatic N) is 2. The standard InChI is InChI=1S/C19H17ClN2O7S/c20-16-7-6-14(11-18(16)30(27,28)21-8-1-2-9-21)19(24)29-12-17(23)13-4-3-5-15(10-13)22(25)26/h3-7,10-11H,1-2,8-9,12H2. The van der Waals surface area contributed by atoms with Gasteiger partial charge in [0.15, 0.2) is 6.61 Å². The number of nitro groups is 1. The summed E-state index contributed by atoms with van der Waals surface area (Å²) in [4.78, 5) is 34.5. The third-order valence-electron chi connectivity index (χ3n) is 4.56. The predicted octanol–water partition coefficient (Wildman–Crippen LogP) is 3.07. The third kappa shape index (κ3) is 4.66. The van der Waals surface area contributed by atoms with Gasteiger partial charge in [-0.2, -0.15) is 4.31 Å². The van der Waals surface area contributed by atoms with E-state index in [4.69, 9.17) is 16.3 Å². The Labute approximate surface area is 177 Å². The Kier molecular flexibility index (Phi) is 6.49. The Morgan fingerprint density at radius 1 is 1.10 bits per heavy atom. The SMILES string of the molecule is O=C(COC(=O)c1ccc(Cl)c(S(=O)(=O)N2CCCC2)c1)c1cccc([N+](=O)[O-])c1. The molecule has 0 aliphatic carbocycles. The largest absolute Gasteiger partial charge is 0.454 e. The molecule has 0 radical (unpaired) electrons. The van der Waals surface area contributed by atoms with Crippen LogP contribution in [0, 0.1) is 10.1 Å². The highest BCUT2D eigenvalue weighted by Gasteiger charge is 2.30. The number of ketones is 1. The lowest BCUT2D eigenvalue weighted by atomic mass is 10.1. The summed E-state index contributed by atoms with van der Waals surface area (Å²) in [6.45, 7) is 0.104. The zero-order valence-electron chi connectivity index (χ0n) is 15.6. The average Bonchev–Trinajstić information content (AvgIpc) is 3.28. The fourth-order valence-electron chi connectivity index (χ4n) is 2.99. The Bertz CT molecular complexity index is 1110. The van der Waals surface area contributed by atoms with Crippen LogP contribution in [0.25, 0.3) is 0 Å². The molecule has 0 atom stereocenters. The van der Waals surface area contributed by atoms with Crippen LogP contribution in [0.1, 0.15) is 33.6 Å². The molecule has 0 unspecified atom stereocenters. The summed E-state index contributed by atoms with van der Waals surface area (Å²) >= 11 is 6.04. The predicted molar refractivity (Wildman–Crippen MR) is 107 cm³/mol. The smallest absolute Gasteiger partial charge is 0.338 e. The molecule has 2 aromatic rings. The van der Waals surface area contributed by atoms with Gasteiger partial charge in [-0.1, -0.05) is 23.7 Å². The van der Waals surface area contributed by atoms with E-state index in [-0.39, 0.29) is 26.7 Å². The number of carbonyl (C=O) groups excluding carboxylic acids is 2. The quantitative estimate of drug-likeness (QED) is 0.273. The highest BCUT2D eigenvalue weighted by Crippen LogP contribution is 2.28. The first-order chi connectivity index (χ1) is 14.2. The molecule has 2 aromatic carbocycles. The first kappa shape index (κ1) is 21.9. The zero-order chi connectivity index (χ0) is 21.9. The maximum Gasteiger partial charge on any atom is 0.338 e. The van der Waals surface area contributed by atoms with Gasteiger partial charge in [0.05, 0.1) is 15.5 Å². The van der Waals surface area contributed by atoms with Gasteiger partial charge in [-0.3, -0.25) is 14.9 Å². The van der Waals surface area contributed by atoms with Gasteiger partial charge in [-0.25, -0.2) is 13.2 Å². The highest BCUT2D eigenvalue weighted by atomic mass is 35.5. The number of hydrogen-bond acceptors (Lipinski definition) is 7. The number of esters is 1. The topological polar surface area (TPSA) is 124 Å². The molecular weight excluding hydrogens is 436 g/mol. The molecule has 0 N–H and O–H groups in total. The highest BCUT2D eigenvalue weighted by molar-refractivity contribution is 7.89. The summed E-state index contributed by atoms with van der Waals surface area (Å²) in [6.07, 6.45) is 1.50. The molecule has 0 amide bonds. The molecule has 0 bridgehead atoms. The van der Waals surface area contributed by atoms with Crippen molar-refractivity contribution in [2.45, 2.75) is 17.7 Å². The number of sulfonamides is 1. The summed E-state index contributed by atoms with van der Waals surface area (Å²) in [7, 11) is -3.85. The number of halogens is 1. The lowest BCUT2D eigenvalue weighted by Crippen LogP contribution is -2.28. The van der Waals surface area contributed by atoms with Crippen molar-refractivity contribution in [3.05, 3.63) is 68.7 Å². The molecule has 30 heavy (non-hydrogen) atoms. The first-order valence-corrected chi connectivity index (χ1v) is 10.8. The van der Waals surface area contributed by atoms with E-state index in [1.165, 1.54) is 34.6 Å². The van der Waals surface area contributed by atoms with Gasteiger partial charge in [-0.15, -0.1) is 0 Å². The maximum absolute atomic E-state index is 12.7. The number of non-ortho nitro benzene ring substituents is 1. The minimum Gasteiger partial charge on any atom is -0.454 e. The van der Waals surface area contributed by atoms with Crippen LogP contribution < -0.4 is 0 Å². The molecule has 11 heteroatoms. The third-order valence-corrected chi connectivity index (χ3v) is 6.94. The van der Waals surface area contributed by atoms with E-state index in [1.807, 2.05) is 0 Å². The van der Waals surface area contributed by atoms with E-state index in [0.29, 0.717) is 13.1 Å². The van der Waals surface area contributed by atoms with Crippen molar-refractivity contribution in [2.24, 2.45) is 0 Å². The number of hydrogen-bond donors (Lipinski definition) is 0. The Morgan fingerprint density at radius 3 is 2.47 bits per heavy atom. The molecule has 0 spiro atoms. The van der Waals surface area contributed by atoms with Gasteiger partial charge < -0.3 is 4.74 Å². The lowest BCUT2D eigenvalue weighted by molar-refractivity contribution is -0.384. The van der Waals surface area contributed by atoms with Crippen LogP contribution in [0.5, 0.6) is 0 Å². The van der Waals surface area contributed by atoms with Crippen molar-refractivity contribution in [3.63, 3.8) is 0 Å². The van der Waals surface area contributed by atoms with Gasteiger partial charge in [-0.05, 0) is 31.0 Å². The fourth-order valence-corrected chi connectivity index (χ4v) is 5.00. The number of benzene rings is 2. The zero-order valence-corrected chi connectivity index (χ0v) is 17.2. The van der Waals surface area contributed by atoms with Crippen molar-refractivity contribution in [1.82, 2.24) is 4.31 Å². The minimum absolute atomic E-state index is 0.0189. The molecule has 158 valence electrons. The van der Waals surface area contributed by atoms with E-state index < -0.39 is 33.3 Å². The van der Waals surface area contributed by atoms with Gasteiger partial charge in [0.25, 0.3) is 5.69 Å². The number of carbonyl (C=O) groups is 2. The Hall–Kier alpha value is -2.82. The molecular formula is C19H17ClN2O7S. The first-order valence-electron chi connectivity index (χ1n) is 8.94. The summed E-state index contributed by atoms with van der Waals surface area (Å²) in [6, 6.07) is 8.73. The van der Waals surface area contributed by atoms with Crippen LogP contribution in [-0.2, 0) is 14.8 Å². The molecule has 1 aliphatic rings.